The zero-order valence-corrected chi connectivity index (χ0v) is 9.66. The van der Waals surface area contributed by atoms with Crippen LogP contribution in [0, 0.1) is 0 Å². The first-order chi connectivity index (χ1) is 7.67. The summed E-state index contributed by atoms with van der Waals surface area (Å²) < 4.78 is 0. The second-order valence-electron chi connectivity index (χ2n) is 3.23. The predicted octanol–water partition coefficient (Wildman–Crippen LogP) is 1.63. The second kappa shape index (κ2) is 6.30. The minimum absolute atomic E-state index is 0.0926. The molecule has 1 heterocycles. The molecular weight excluding hydrogens is 230 g/mol. The molecule has 1 unspecified atom stereocenters. The third-order valence-corrected chi connectivity index (χ3v) is 2.36. The highest BCUT2D eigenvalue weighted by molar-refractivity contribution is 6.32. The number of hydrogen-bond donors (Lipinski definition) is 3. The first kappa shape index (κ1) is 12.7. The third-order valence-electron chi connectivity index (χ3n) is 2.06. The lowest BCUT2D eigenvalue weighted by Crippen LogP contribution is -2.39. The number of rotatable bonds is 4. The van der Waals surface area contributed by atoms with Crippen LogP contribution in [0.2, 0.25) is 5.15 Å². The van der Waals surface area contributed by atoms with Crippen molar-refractivity contribution in [2.45, 2.75) is 19.4 Å². The summed E-state index contributed by atoms with van der Waals surface area (Å²) in [6.07, 6.45) is 2.19. The molecule has 1 aromatic rings. The van der Waals surface area contributed by atoms with E-state index in [9.17, 15) is 4.79 Å². The van der Waals surface area contributed by atoms with E-state index >= 15 is 0 Å². The van der Waals surface area contributed by atoms with Crippen LogP contribution >= 0.6 is 11.6 Å². The van der Waals surface area contributed by atoms with Crippen LogP contribution in [0.15, 0.2) is 18.3 Å². The van der Waals surface area contributed by atoms with Gasteiger partial charge in [-0.25, -0.2) is 9.78 Å². The van der Waals surface area contributed by atoms with Gasteiger partial charge in [0.15, 0.2) is 5.15 Å². The number of pyridine rings is 1. The summed E-state index contributed by atoms with van der Waals surface area (Å²) in [6, 6.07) is 2.66. The molecule has 88 valence electrons. The first-order valence-corrected chi connectivity index (χ1v) is 5.34. The molecule has 0 aliphatic rings. The van der Waals surface area contributed by atoms with Gasteiger partial charge < -0.3 is 15.7 Å². The molecule has 1 aromatic heterocycles. The fraction of sp³-hybridized carbons (Fsp3) is 0.400. The molecule has 16 heavy (non-hydrogen) atoms. The van der Waals surface area contributed by atoms with Crippen LogP contribution in [-0.4, -0.2) is 28.8 Å². The molecule has 0 radical (unpaired) electrons. The number of amides is 2. The topological polar surface area (TPSA) is 74.2 Å². The first-order valence-electron chi connectivity index (χ1n) is 4.96. The van der Waals surface area contributed by atoms with Crippen molar-refractivity contribution < 1.29 is 9.90 Å². The monoisotopic (exact) mass is 243 g/mol. The molecule has 1 atom stereocenters. The lowest BCUT2D eigenvalue weighted by Gasteiger charge is -2.14. The summed E-state index contributed by atoms with van der Waals surface area (Å²) in [7, 11) is 0. The van der Waals surface area contributed by atoms with Crippen molar-refractivity contribution in [1.29, 1.82) is 0 Å². The Morgan fingerprint density at radius 3 is 3.00 bits per heavy atom. The minimum atomic E-state index is -0.407. The minimum Gasteiger partial charge on any atom is -0.394 e. The quantitative estimate of drug-likeness (QED) is 0.704. The lowest BCUT2D eigenvalue weighted by atomic mass is 10.2. The number of anilines is 1. The van der Waals surface area contributed by atoms with Gasteiger partial charge in [0, 0.05) is 6.20 Å². The summed E-state index contributed by atoms with van der Waals surface area (Å²) in [5, 5.41) is 14.3. The van der Waals surface area contributed by atoms with Gasteiger partial charge in [0.05, 0.1) is 18.3 Å². The van der Waals surface area contributed by atoms with Gasteiger partial charge in [-0.1, -0.05) is 18.5 Å². The van der Waals surface area contributed by atoms with Gasteiger partial charge in [-0.15, -0.1) is 0 Å². The SMILES string of the molecule is CCC(CO)NC(=O)Nc1cccnc1Cl. The van der Waals surface area contributed by atoms with Gasteiger partial charge in [0.2, 0.25) is 0 Å². The molecule has 0 fully saturated rings. The van der Waals surface area contributed by atoms with E-state index in [0.717, 1.165) is 0 Å². The lowest BCUT2D eigenvalue weighted by molar-refractivity contribution is 0.222. The Balaban J connectivity index is 2.55. The molecule has 2 amide bonds. The molecule has 0 spiro atoms. The Morgan fingerprint density at radius 2 is 2.44 bits per heavy atom. The summed E-state index contributed by atoms with van der Waals surface area (Å²) in [5.41, 5.74) is 0.439. The van der Waals surface area contributed by atoms with Gasteiger partial charge in [0.25, 0.3) is 0 Å². The number of carbonyl (C=O) groups excluding carboxylic acids is 1. The number of aliphatic hydroxyl groups excluding tert-OH is 1. The van der Waals surface area contributed by atoms with Crippen LogP contribution in [0.25, 0.3) is 0 Å². The maximum absolute atomic E-state index is 11.5. The Labute approximate surface area is 98.8 Å². The number of hydrogen-bond acceptors (Lipinski definition) is 3. The molecule has 6 heteroatoms. The van der Waals surface area contributed by atoms with E-state index in [1.165, 1.54) is 6.20 Å². The van der Waals surface area contributed by atoms with E-state index in [1.807, 2.05) is 6.92 Å². The highest BCUT2D eigenvalue weighted by atomic mass is 35.5. The number of aliphatic hydroxyl groups is 1. The fourth-order valence-electron chi connectivity index (χ4n) is 1.10. The predicted molar refractivity (Wildman–Crippen MR) is 62.6 cm³/mol. The van der Waals surface area contributed by atoms with Crippen molar-refractivity contribution in [3.63, 3.8) is 0 Å². The maximum atomic E-state index is 11.5. The van der Waals surface area contributed by atoms with E-state index < -0.39 is 6.03 Å². The van der Waals surface area contributed by atoms with Crippen molar-refractivity contribution in [1.82, 2.24) is 10.3 Å². The van der Waals surface area contributed by atoms with E-state index in [-0.39, 0.29) is 17.8 Å². The van der Waals surface area contributed by atoms with E-state index in [0.29, 0.717) is 12.1 Å². The van der Waals surface area contributed by atoms with Crippen molar-refractivity contribution in [2.75, 3.05) is 11.9 Å². The van der Waals surface area contributed by atoms with Gasteiger partial charge in [-0.2, -0.15) is 0 Å². The Kier molecular flexibility index (Phi) is 5.01. The summed E-state index contributed by atoms with van der Waals surface area (Å²) in [6.45, 7) is 1.78. The van der Waals surface area contributed by atoms with E-state index in [1.54, 1.807) is 12.1 Å². The third kappa shape index (κ3) is 3.67. The summed E-state index contributed by atoms with van der Waals surface area (Å²) >= 11 is 5.77. The number of carbonyl (C=O) groups is 1. The number of aromatic nitrogens is 1. The summed E-state index contributed by atoms with van der Waals surface area (Å²) in [5.74, 6) is 0. The number of nitrogens with zero attached hydrogens (tertiary/aromatic N) is 1. The van der Waals surface area contributed by atoms with Crippen molar-refractivity contribution in [3.8, 4) is 0 Å². The molecule has 0 aliphatic carbocycles. The highest BCUT2D eigenvalue weighted by Crippen LogP contribution is 2.16. The Morgan fingerprint density at radius 1 is 1.69 bits per heavy atom. The van der Waals surface area contributed by atoms with Crippen LogP contribution < -0.4 is 10.6 Å². The Bertz CT molecular complexity index is 356. The maximum Gasteiger partial charge on any atom is 0.319 e. The van der Waals surface area contributed by atoms with Crippen molar-refractivity contribution in [3.05, 3.63) is 23.5 Å². The Hall–Kier alpha value is -1.33. The molecule has 1 rings (SSSR count). The van der Waals surface area contributed by atoms with Crippen molar-refractivity contribution >= 4 is 23.3 Å². The van der Waals surface area contributed by atoms with Gasteiger partial charge in [-0.05, 0) is 18.6 Å². The number of halogens is 1. The largest absolute Gasteiger partial charge is 0.394 e. The average Bonchev–Trinajstić information content (AvgIpc) is 2.29. The van der Waals surface area contributed by atoms with Gasteiger partial charge in [-0.3, -0.25) is 0 Å². The zero-order chi connectivity index (χ0) is 12.0. The highest BCUT2D eigenvalue weighted by Gasteiger charge is 2.10. The average molecular weight is 244 g/mol. The molecule has 3 N–H and O–H groups in total. The molecule has 0 saturated heterocycles. The standard InChI is InChI=1S/C10H14ClN3O2/c1-2-7(6-15)13-10(16)14-8-4-3-5-12-9(8)11/h3-5,7,15H,2,6H2,1H3,(H2,13,14,16). The molecule has 0 aromatic carbocycles. The van der Waals surface area contributed by atoms with Crippen LogP contribution in [-0.2, 0) is 0 Å². The normalized spacial score (nSPS) is 11.9. The van der Waals surface area contributed by atoms with Gasteiger partial charge >= 0.3 is 6.03 Å². The van der Waals surface area contributed by atoms with Crippen LogP contribution in [0.5, 0.6) is 0 Å². The van der Waals surface area contributed by atoms with Crippen LogP contribution in [0.4, 0.5) is 10.5 Å². The van der Waals surface area contributed by atoms with Gasteiger partial charge in [0.1, 0.15) is 0 Å². The van der Waals surface area contributed by atoms with Crippen LogP contribution in [0.3, 0.4) is 0 Å². The fourth-order valence-corrected chi connectivity index (χ4v) is 1.27. The molecule has 5 nitrogen and oxygen atoms in total. The smallest absolute Gasteiger partial charge is 0.319 e. The molecule has 0 aliphatic heterocycles. The van der Waals surface area contributed by atoms with E-state index in [2.05, 4.69) is 15.6 Å². The molecule has 0 saturated carbocycles. The van der Waals surface area contributed by atoms with Crippen molar-refractivity contribution in [2.24, 2.45) is 0 Å². The van der Waals surface area contributed by atoms with E-state index in [4.69, 9.17) is 16.7 Å². The zero-order valence-electron chi connectivity index (χ0n) is 8.90. The van der Waals surface area contributed by atoms with Crippen LogP contribution in [0.1, 0.15) is 13.3 Å². The molecular formula is C10H14ClN3O2. The molecule has 0 bridgehead atoms. The second-order valence-corrected chi connectivity index (χ2v) is 3.59. The summed E-state index contributed by atoms with van der Waals surface area (Å²) in [4.78, 5) is 15.3. The number of nitrogens with one attached hydrogen (secondary N) is 2. The number of urea groups is 1.